The molecule has 38 heavy (non-hydrogen) atoms. The molecular formula is C28H31Cl2N3O4S. The summed E-state index contributed by atoms with van der Waals surface area (Å²) in [4.78, 5) is 28.2. The van der Waals surface area contributed by atoms with E-state index in [4.69, 9.17) is 23.2 Å². The fourth-order valence-electron chi connectivity index (χ4n) is 3.93. The van der Waals surface area contributed by atoms with Gasteiger partial charge in [0, 0.05) is 22.6 Å². The molecule has 0 aliphatic heterocycles. The zero-order chi connectivity index (χ0) is 28.0. The van der Waals surface area contributed by atoms with Gasteiger partial charge in [-0.1, -0.05) is 71.2 Å². The van der Waals surface area contributed by atoms with Crippen molar-refractivity contribution >= 4 is 50.7 Å². The Hall–Kier alpha value is -3.07. The third kappa shape index (κ3) is 7.49. The van der Waals surface area contributed by atoms with Gasteiger partial charge in [0.15, 0.2) is 0 Å². The molecule has 3 aromatic carbocycles. The van der Waals surface area contributed by atoms with E-state index in [1.807, 2.05) is 45.0 Å². The third-order valence-corrected chi connectivity index (χ3v) is 8.00. The highest BCUT2D eigenvalue weighted by Gasteiger charge is 2.33. The van der Waals surface area contributed by atoms with E-state index in [0.717, 1.165) is 15.4 Å². The van der Waals surface area contributed by atoms with Crippen molar-refractivity contribution in [3.05, 3.63) is 94.0 Å². The monoisotopic (exact) mass is 575 g/mol. The summed E-state index contributed by atoms with van der Waals surface area (Å²) in [6.45, 7) is 6.75. The van der Waals surface area contributed by atoms with Gasteiger partial charge in [0.1, 0.15) is 12.6 Å². The number of sulfonamides is 1. The topological polar surface area (TPSA) is 86.8 Å². The number of aryl methyl sites for hydroxylation is 1. The van der Waals surface area contributed by atoms with Gasteiger partial charge in [-0.15, -0.1) is 0 Å². The van der Waals surface area contributed by atoms with E-state index < -0.39 is 28.5 Å². The first-order chi connectivity index (χ1) is 17.9. The van der Waals surface area contributed by atoms with Crippen LogP contribution in [0.5, 0.6) is 0 Å². The van der Waals surface area contributed by atoms with E-state index in [-0.39, 0.29) is 39.1 Å². The van der Waals surface area contributed by atoms with Crippen molar-refractivity contribution in [2.45, 2.75) is 51.2 Å². The first-order valence-corrected chi connectivity index (χ1v) is 14.3. The Balaban J connectivity index is 2.06. The van der Waals surface area contributed by atoms with Gasteiger partial charge in [0.05, 0.1) is 10.6 Å². The lowest BCUT2D eigenvalue weighted by molar-refractivity contribution is -0.139. The van der Waals surface area contributed by atoms with Gasteiger partial charge in [0.25, 0.3) is 10.0 Å². The fraction of sp³-hybridized carbons (Fsp3) is 0.286. The number of rotatable bonds is 10. The average Bonchev–Trinajstić information content (AvgIpc) is 2.84. The van der Waals surface area contributed by atoms with Crippen LogP contribution in [0, 0.1) is 6.92 Å². The quantitative estimate of drug-likeness (QED) is 0.348. The van der Waals surface area contributed by atoms with E-state index in [9.17, 15) is 18.0 Å². The Morgan fingerprint density at radius 1 is 0.895 bits per heavy atom. The predicted molar refractivity (Wildman–Crippen MR) is 152 cm³/mol. The average molecular weight is 577 g/mol. The molecule has 0 aliphatic rings. The highest BCUT2D eigenvalue weighted by Crippen LogP contribution is 2.30. The highest BCUT2D eigenvalue weighted by molar-refractivity contribution is 7.92. The van der Waals surface area contributed by atoms with Gasteiger partial charge < -0.3 is 10.2 Å². The minimum atomic E-state index is -4.19. The van der Waals surface area contributed by atoms with Crippen molar-refractivity contribution < 1.29 is 18.0 Å². The molecule has 0 spiro atoms. The molecule has 2 amide bonds. The maximum atomic E-state index is 13.9. The summed E-state index contributed by atoms with van der Waals surface area (Å²) in [5, 5.41) is 3.27. The van der Waals surface area contributed by atoms with E-state index in [1.165, 1.54) is 35.2 Å². The SMILES string of the molecule is Cc1cccc(CN(C(=O)CN(c2cc(Cl)cc(Cl)c2)S(=O)(=O)c2ccccc2)[C@@H](C)C(=O)NC(C)C)c1. The lowest BCUT2D eigenvalue weighted by atomic mass is 10.1. The van der Waals surface area contributed by atoms with Crippen LogP contribution >= 0.6 is 23.2 Å². The first kappa shape index (κ1) is 29.5. The summed E-state index contributed by atoms with van der Waals surface area (Å²) >= 11 is 12.4. The van der Waals surface area contributed by atoms with Crippen LogP contribution < -0.4 is 9.62 Å². The van der Waals surface area contributed by atoms with Crippen molar-refractivity contribution in [2.24, 2.45) is 0 Å². The minimum absolute atomic E-state index is 0.000249. The number of carbonyl (C=O) groups excluding carboxylic acids is 2. The summed E-state index contributed by atoms with van der Waals surface area (Å²) in [7, 11) is -4.19. The van der Waals surface area contributed by atoms with Crippen molar-refractivity contribution in [3.8, 4) is 0 Å². The van der Waals surface area contributed by atoms with Crippen LogP contribution in [0.25, 0.3) is 0 Å². The van der Waals surface area contributed by atoms with Crippen LogP contribution in [-0.2, 0) is 26.2 Å². The normalized spacial score (nSPS) is 12.2. The van der Waals surface area contributed by atoms with Gasteiger partial charge in [-0.05, 0) is 63.6 Å². The molecule has 0 fully saturated rings. The summed E-state index contributed by atoms with van der Waals surface area (Å²) in [5.41, 5.74) is 1.94. The number of hydrogen-bond acceptors (Lipinski definition) is 4. The number of nitrogens with one attached hydrogen (secondary N) is 1. The van der Waals surface area contributed by atoms with Crippen LogP contribution in [0.3, 0.4) is 0 Å². The molecule has 10 heteroatoms. The van der Waals surface area contributed by atoms with Crippen LogP contribution in [0.2, 0.25) is 10.0 Å². The van der Waals surface area contributed by atoms with Gasteiger partial charge >= 0.3 is 0 Å². The Morgan fingerprint density at radius 2 is 1.53 bits per heavy atom. The lowest BCUT2D eigenvalue weighted by Crippen LogP contribution is -2.52. The van der Waals surface area contributed by atoms with Crippen LogP contribution in [0.15, 0.2) is 77.7 Å². The van der Waals surface area contributed by atoms with Crippen molar-refractivity contribution in [1.82, 2.24) is 10.2 Å². The molecule has 0 heterocycles. The van der Waals surface area contributed by atoms with E-state index in [2.05, 4.69) is 5.32 Å². The Kier molecular flexibility index (Phi) is 9.82. The minimum Gasteiger partial charge on any atom is -0.352 e. The molecule has 0 aromatic heterocycles. The predicted octanol–water partition coefficient (Wildman–Crippen LogP) is 5.44. The third-order valence-electron chi connectivity index (χ3n) is 5.78. The van der Waals surface area contributed by atoms with Crippen LogP contribution in [0.4, 0.5) is 5.69 Å². The number of amides is 2. The number of hydrogen-bond donors (Lipinski definition) is 1. The first-order valence-electron chi connectivity index (χ1n) is 12.1. The Labute approximate surface area is 234 Å². The van der Waals surface area contributed by atoms with Crippen LogP contribution in [-0.4, -0.2) is 43.8 Å². The van der Waals surface area contributed by atoms with Crippen molar-refractivity contribution in [1.29, 1.82) is 0 Å². The van der Waals surface area contributed by atoms with Gasteiger partial charge in [-0.25, -0.2) is 8.42 Å². The zero-order valence-corrected chi connectivity index (χ0v) is 24.0. The van der Waals surface area contributed by atoms with Gasteiger partial charge in [0.2, 0.25) is 11.8 Å². The molecule has 0 aliphatic carbocycles. The summed E-state index contributed by atoms with van der Waals surface area (Å²) in [5.74, 6) is -0.905. The molecule has 0 bridgehead atoms. The number of benzene rings is 3. The number of nitrogens with zero attached hydrogens (tertiary/aromatic N) is 2. The zero-order valence-electron chi connectivity index (χ0n) is 21.7. The number of halogens is 2. The summed E-state index contributed by atoms with van der Waals surface area (Å²) < 4.78 is 28.5. The molecule has 0 saturated heterocycles. The fourth-order valence-corrected chi connectivity index (χ4v) is 5.86. The van der Waals surface area contributed by atoms with Crippen LogP contribution in [0.1, 0.15) is 31.9 Å². The van der Waals surface area contributed by atoms with Gasteiger partial charge in [-0.2, -0.15) is 0 Å². The second-order valence-electron chi connectivity index (χ2n) is 9.30. The second kappa shape index (κ2) is 12.7. The summed E-state index contributed by atoms with van der Waals surface area (Å²) in [6, 6.07) is 18.7. The van der Waals surface area contributed by atoms with E-state index >= 15 is 0 Å². The largest absolute Gasteiger partial charge is 0.352 e. The molecule has 0 radical (unpaired) electrons. The molecule has 202 valence electrons. The summed E-state index contributed by atoms with van der Waals surface area (Å²) in [6.07, 6.45) is 0. The maximum Gasteiger partial charge on any atom is 0.264 e. The van der Waals surface area contributed by atoms with Crippen molar-refractivity contribution in [3.63, 3.8) is 0 Å². The smallest absolute Gasteiger partial charge is 0.264 e. The molecule has 0 unspecified atom stereocenters. The molecule has 1 atom stereocenters. The maximum absolute atomic E-state index is 13.9. The lowest BCUT2D eigenvalue weighted by Gasteiger charge is -2.32. The second-order valence-corrected chi connectivity index (χ2v) is 12.0. The highest BCUT2D eigenvalue weighted by atomic mass is 35.5. The van der Waals surface area contributed by atoms with E-state index in [1.54, 1.807) is 25.1 Å². The van der Waals surface area contributed by atoms with E-state index in [0.29, 0.717) is 0 Å². The molecule has 3 aromatic rings. The van der Waals surface area contributed by atoms with Crippen molar-refractivity contribution in [2.75, 3.05) is 10.8 Å². The standard InChI is InChI=1S/C28H31Cl2N3O4S/c1-19(2)31-28(35)21(4)32(17-22-10-8-9-20(3)13-22)27(34)18-33(25-15-23(29)14-24(30)16-25)38(36,37)26-11-6-5-7-12-26/h5-16,19,21H,17-18H2,1-4H3,(H,31,35)/t21-/m0/s1. The Bertz CT molecular complexity index is 1380. The molecule has 3 rings (SSSR count). The molecule has 0 saturated carbocycles. The molecule has 7 nitrogen and oxygen atoms in total. The van der Waals surface area contributed by atoms with Gasteiger partial charge in [-0.3, -0.25) is 13.9 Å². The molecular weight excluding hydrogens is 545 g/mol. The Morgan fingerprint density at radius 3 is 2.11 bits per heavy atom. The number of carbonyl (C=O) groups is 2. The molecule has 1 N–H and O–H groups in total. The number of anilines is 1.